The summed E-state index contributed by atoms with van der Waals surface area (Å²) in [6.07, 6.45) is 1.29. The van der Waals surface area contributed by atoms with E-state index in [2.05, 4.69) is 16.0 Å². The Hall–Kier alpha value is -4.40. The summed E-state index contributed by atoms with van der Waals surface area (Å²) >= 11 is 7.21. The largest absolute Gasteiger partial charge is 0.325 e. The Labute approximate surface area is 240 Å². The van der Waals surface area contributed by atoms with Crippen molar-refractivity contribution in [3.8, 4) is 0 Å². The number of halogens is 2. The van der Waals surface area contributed by atoms with Crippen molar-refractivity contribution in [2.24, 2.45) is 0 Å². The molecular formula is C31H25ClFN3O3S. The van der Waals surface area contributed by atoms with Crippen molar-refractivity contribution in [3.05, 3.63) is 131 Å². The molecule has 0 heterocycles. The molecule has 202 valence electrons. The number of rotatable bonds is 9. The lowest BCUT2D eigenvalue weighted by Crippen LogP contribution is -2.30. The van der Waals surface area contributed by atoms with Crippen LogP contribution in [0.4, 0.5) is 15.8 Å². The lowest BCUT2D eigenvalue weighted by molar-refractivity contribution is -0.115. The van der Waals surface area contributed by atoms with Crippen LogP contribution >= 0.6 is 23.4 Å². The summed E-state index contributed by atoms with van der Waals surface area (Å²) in [6.45, 7) is 1.77. The summed E-state index contributed by atoms with van der Waals surface area (Å²) in [7, 11) is 0. The predicted molar refractivity (Wildman–Crippen MR) is 159 cm³/mol. The van der Waals surface area contributed by atoms with Crippen LogP contribution < -0.4 is 16.0 Å². The van der Waals surface area contributed by atoms with Crippen molar-refractivity contribution in [1.82, 2.24) is 5.32 Å². The first-order valence-corrected chi connectivity index (χ1v) is 13.5. The Kier molecular flexibility index (Phi) is 9.72. The van der Waals surface area contributed by atoms with Crippen molar-refractivity contribution < 1.29 is 18.8 Å². The van der Waals surface area contributed by atoms with E-state index >= 15 is 0 Å². The Morgan fingerprint density at radius 1 is 0.825 bits per heavy atom. The van der Waals surface area contributed by atoms with E-state index in [0.29, 0.717) is 22.0 Å². The van der Waals surface area contributed by atoms with Gasteiger partial charge >= 0.3 is 0 Å². The molecule has 4 aromatic rings. The zero-order valence-electron chi connectivity index (χ0n) is 21.4. The van der Waals surface area contributed by atoms with Gasteiger partial charge in [0.1, 0.15) is 11.5 Å². The van der Waals surface area contributed by atoms with Crippen LogP contribution in [0.2, 0.25) is 5.02 Å². The normalized spacial score (nSPS) is 11.8. The molecule has 3 amide bonds. The van der Waals surface area contributed by atoms with E-state index in [1.54, 1.807) is 85.8 Å². The maximum absolute atomic E-state index is 14.4. The monoisotopic (exact) mass is 573 g/mol. The van der Waals surface area contributed by atoms with E-state index in [1.807, 2.05) is 6.07 Å². The fraction of sp³-hybridized carbons (Fsp3) is 0.0645. The first-order chi connectivity index (χ1) is 19.3. The van der Waals surface area contributed by atoms with Crippen molar-refractivity contribution in [3.63, 3.8) is 0 Å². The minimum absolute atomic E-state index is 0.132. The highest BCUT2D eigenvalue weighted by atomic mass is 35.5. The Morgan fingerprint density at radius 3 is 2.25 bits per heavy atom. The van der Waals surface area contributed by atoms with Crippen LogP contribution in [0.5, 0.6) is 0 Å². The molecule has 0 aliphatic rings. The van der Waals surface area contributed by atoms with Gasteiger partial charge in [0.2, 0.25) is 5.91 Å². The van der Waals surface area contributed by atoms with E-state index < -0.39 is 22.9 Å². The SMILES string of the molecule is CC(Sc1cccc(NC(=O)/C(=C/c2ccccc2F)NC(=O)c2ccccc2)c1)C(=O)Nc1ccc(Cl)cc1. The van der Waals surface area contributed by atoms with Crippen LogP contribution in [0.15, 0.2) is 114 Å². The van der Waals surface area contributed by atoms with E-state index in [0.717, 1.165) is 4.90 Å². The topological polar surface area (TPSA) is 87.3 Å². The fourth-order valence-electron chi connectivity index (χ4n) is 3.57. The van der Waals surface area contributed by atoms with Crippen molar-refractivity contribution in [2.75, 3.05) is 10.6 Å². The molecule has 3 N–H and O–H groups in total. The third kappa shape index (κ3) is 8.05. The molecule has 6 nitrogen and oxygen atoms in total. The molecule has 0 fully saturated rings. The number of hydrogen-bond donors (Lipinski definition) is 3. The molecule has 0 aliphatic heterocycles. The molecule has 0 aromatic heterocycles. The van der Waals surface area contributed by atoms with Gasteiger partial charge in [0, 0.05) is 32.4 Å². The third-order valence-electron chi connectivity index (χ3n) is 5.62. The summed E-state index contributed by atoms with van der Waals surface area (Å²) in [4.78, 5) is 39.5. The molecule has 40 heavy (non-hydrogen) atoms. The van der Waals surface area contributed by atoms with Gasteiger partial charge in [-0.3, -0.25) is 14.4 Å². The van der Waals surface area contributed by atoms with E-state index in [1.165, 1.54) is 36.0 Å². The van der Waals surface area contributed by atoms with Crippen LogP contribution in [0.1, 0.15) is 22.8 Å². The van der Waals surface area contributed by atoms with Crippen LogP contribution in [0.25, 0.3) is 6.08 Å². The van der Waals surface area contributed by atoms with Gasteiger partial charge in [-0.1, -0.05) is 54.1 Å². The van der Waals surface area contributed by atoms with Crippen molar-refractivity contribution >= 4 is 58.5 Å². The quantitative estimate of drug-likeness (QED) is 0.148. The summed E-state index contributed by atoms with van der Waals surface area (Å²) in [5.41, 5.74) is 1.43. The number of hydrogen-bond acceptors (Lipinski definition) is 4. The molecular weight excluding hydrogens is 549 g/mol. The van der Waals surface area contributed by atoms with Crippen molar-refractivity contribution in [1.29, 1.82) is 0 Å². The summed E-state index contributed by atoms with van der Waals surface area (Å²) < 4.78 is 14.4. The van der Waals surface area contributed by atoms with Gasteiger partial charge < -0.3 is 16.0 Å². The van der Waals surface area contributed by atoms with Crippen LogP contribution in [-0.4, -0.2) is 23.0 Å². The van der Waals surface area contributed by atoms with Crippen LogP contribution in [0, 0.1) is 5.82 Å². The average Bonchev–Trinajstić information content (AvgIpc) is 2.95. The predicted octanol–water partition coefficient (Wildman–Crippen LogP) is 7.01. The molecule has 0 aliphatic carbocycles. The highest BCUT2D eigenvalue weighted by molar-refractivity contribution is 8.00. The average molecular weight is 574 g/mol. The number of benzene rings is 4. The summed E-state index contributed by atoms with van der Waals surface area (Å²) in [5, 5.41) is 8.33. The second kappa shape index (κ2) is 13.6. The Morgan fingerprint density at radius 2 is 1.52 bits per heavy atom. The van der Waals surface area contributed by atoms with Gasteiger partial charge in [-0.15, -0.1) is 11.8 Å². The third-order valence-corrected chi connectivity index (χ3v) is 6.97. The summed E-state index contributed by atoms with van der Waals surface area (Å²) in [6, 6.07) is 28.1. The Bertz CT molecular complexity index is 1550. The maximum Gasteiger partial charge on any atom is 0.272 e. The maximum atomic E-state index is 14.4. The standard InChI is InChI=1S/C31H25ClFN3O3S/c1-20(29(37)34-24-16-14-23(32)15-17-24)40-26-12-7-11-25(19-26)35-31(39)28(18-22-10-5-6-13-27(22)33)36-30(38)21-8-3-2-4-9-21/h2-20H,1H3,(H,34,37)(H,35,39)(H,36,38)/b28-18-. The number of nitrogens with one attached hydrogen (secondary N) is 3. The number of thioether (sulfide) groups is 1. The minimum atomic E-state index is -0.636. The number of carbonyl (C=O) groups excluding carboxylic acids is 3. The van der Waals surface area contributed by atoms with Gasteiger partial charge in [-0.25, -0.2) is 4.39 Å². The van der Waals surface area contributed by atoms with Crippen LogP contribution in [0.3, 0.4) is 0 Å². The first kappa shape index (κ1) is 28.6. The number of amides is 3. The van der Waals surface area contributed by atoms with Gasteiger partial charge in [0.25, 0.3) is 11.8 Å². The van der Waals surface area contributed by atoms with Crippen molar-refractivity contribution in [2.45, 2.75) is 17.1 Å². The molecule has 0 spiro atoms. The second-order valence-electron chi connectivity index (χ2n) is 8.64. The molecule has 4 rings (SSSR count). The molecule has 0 radical (unpaired) electrons. The van der Waals surface area contributed by atoms with E-state index in [9.17, 15) is 18.8 Å². The van der Waals surface area contributed by atoms with E-state index in [-0.39, 0.29) is 17.2 Å². The summed E-state index contributed by atoms with van der Waals surface area (Å²) in [5.74, 6) is -1.88. The Balaban J connectivity index is 1.48. The number of anilines is 2. The lowest BCUT2D eigenvalue weighted by atomic mass is 10.1. The van der Waals surface area contributed by atoms with Gasteiger partial charge in [-0.05, 0) is 73.7 Å². The smallest absolute Gasteiger partial charge is 0.272 e. The zero-order valence-corrected chi connectivity index (χ0v) is 22.9. The lowest BCUT2D eigenvalue weighted by Gasteiger charge is -2.14. The molecule has 0 saturated heterocycles. The van der Waals surface area contributed by atoms with Gasteiger partial charge in [0.15, 0.2) is 0 Å². The zero-order chi connectivity index (χ0) is 28.5. The first-order valence-electron chi connectivity index (χ1n) is 12.3. The second-order valence-corrected chi connectivity index (χ2v) is 10.5. The van der Waals surface area contributed by atoms with Crippen LogP contribution in [-0.2, 0) is 9.59 Å². The minimum Gasteiger partial charge on any atom is -0.325 e. The molecule has 9 heteroatoms. The van der Waals surface area contributed by atoms with Gasteiger partial charge in [-0.2, -0.15) is 0 Å². The molecule has 0 saturated carbocycles. The fourth-order valence-corrected chi connectivity index (χ4v) is 4.62. The van der Waals surface area contributed by atoms with Gasteiger partial charge in [0.05, 0.1) is 5.25 Å². The molecule has 0 bridgehead atoms. The number of carbonyl (C=O) groups is 3. The molecule has 4 aromatic carbocycles. The highest BCUT2D eigenvalue weighted by Crippen LogP contribution is 2.27. The highest BCUT2D eigenvalue weighted by Gasteiger charge is 2.18. The molecule has 1 unspecified atom stereocenters. The van der Waals surface area contributed by atoms with E-state index in [4.69, 9.17) is 11.6 Å². The molecule has 1 atom stereocenters.